The molecule has 4 aromatic rings. The van der Waals surface area contributed by atoms with Crippen molar-refractivity contribution in [3.8, 4) is 28.6 Å². The number of carbonyl (C=O) groups excluding carboxylic acids is 2. The number of ether oxygens (including phenoxy) is 2. The van der Waals surface area contributed by atoms with Gasteiger partial charge in [0, 0.05) is 18.0 Å². The van der Waals surface area contributed by atoms with Crippen LogP contribution in [0.4, 0.5) is 5.95 Å². The van der Waals surface area contributed by atoms with Gasteiger partial charge in [0.15, 0.2) is 5.82 Å². The van der Waals surface area contributed by atoms with Crippen LogP contribution in [-0.2, 0) is 16.0 Å². The molecule has 0 saturated carbocycles. The maximum Gasteiger partial charge on any atom is 0.267 e. The third-order valence-electron chi connectivity index (χ3n) is 6.34. The molecule has 39 heavy (non-hydrogen) atoms. The number of hydrogen-bond acceptors (Lipinski definition) is 7. The normalized spacial score (nSPS) is 15.0. The number of carbonyl (C=O) groups is 2. The van der Waals surface area contributed by atoms with Gasteiger partial charge in [0.1, 0.15) is 22.8 Å². The second kappa shape index (κ2) is 11.1. The van der Waals surface area contributed by atoms with Gasteiger partial charge in [0.2, 0.25) is 5.95 Å². The number of aliphatic hydroxyl groups is 1. The lowest BCUT2D eigenvalue weighted by atomic mass is 9.96. The lowest BCUT2D eigenvalue weighted by Gasteiger charge is -2.24. The highest BCUT2D eigenvalue weighted by molar-refractivity contribution is 6.23. The smallest absolute Gasteiger partial charge is 0.267 e. The highest BCUT2D eigenvalue weighted by atomic mass is 16.5. The lowest BCUT2D eigenvalue weighted by Crippen LogP contribution is -2.44. The minimum Gasteiger partial charge on any atom is -0.511 e. The van der Waals surface area contributed by atoms with Crippen LogP contribution in [0.5, 0.6) is 11.5 Å². The van der Waals surface area contributed by atoms with Crippen molar-refractivity contribution >= 4 is 17.8 Å². The van der Waals surface area contributed by atoms with Crippen molar-refractivity contribution in [3.63, 3.8) is 0 Å². The van der Waals surface area contributed by atoms with Crippen molar-refractivity contribution in [2.45, 2.75) is 18.9 Å². The molecule has 10 nitrogen and oxygen atoms in total. The fourth-order valence-corrected chi connectivity index (χ4v) is 4.39. The Morgan fingerprint density at radius 1 is 1.00 bits per heavy atom. The van der Waals surface area contributed by atoms with Crippen LogP contribution in [0.3, 0.4) is 0 Å². The van der Waals surface area contributed by atoms with Crippen molar-refractivity contribution in [3.05, 3.63) is 95.8 Å². The van der Waals surface area contributed by atoms with Crippen LogP contribution in [0.25, 0.3) is 17.1 Å². The Bertz CT molecular complexity index is 1450. The molecule has 0 radical (unpaired) electrons. The molecule has 198 valence electrons. The average molecular weight is 526 g/mol. The summed E-state index contributed by atoms with van der Waals surface area (Å²) >= 11 is 0. The van der Waals surface area contributed by atoms with E-state index in [-0.39, 0.29) is 29.7 Å². The van der Waals surface area contributed by atoms with Gasteiger partial charge in [-0.2, -0.15) is 4.98 Å². The molecule has 1 aliphatic heterocycles. The Morgan fingerprint density at radius 3 is 2.26 bits per heavy atom. The number of methoxy groups -OCH3 is 2. The summed E-state index contributed by atoms with van der Waals surface area (Å²) < 4.78 is 12.1. The van der Waals surface area contributed by atoms with Gasteiger partial charge in [0.05, 0.1) is 19.9 Å². The Balaban J connectivity index is 1.41. The Morgan fingerprint density at radius 2 is 1.64 bits per heavy atom. The highest BCUT2D eigenvalue weighted by Crippen LogP contribution is 2.26. The van der Waals surface area contributed by atoms with Gasteiger partial charge < -0.3 is 19.9 Å². The second-order valence-corrected chi connectivity index (χ2v) is 8.94. The van der Waals surface area contributed by atoms with Gasteiger partial charge in [0.25, 0.3) is 11.8 Å². The van der Waals surface area contributed by atoms with Crippen molar-refractivity contribution in [2.24, 2.45) is 0 Å². The predicted octanol–water partition coefficient (Wildman–Crippen LogP) is 3.83. The van der Waals surface area contributed by atoms with Crippen LogP contribution in [0.1, 0.15) is 12.0 Å². The molecule has 0 spiro atoms. The molecule has 0 fully saturated rings. The molecule has 3 aromatic carbocycles. The Hall–Kier alpha value is -5.12. The first-order chi connectivity index (χ1) is 18.9. The third-order valence-corrected chi connectivity index (χ3v) is 6.34. The quantitative estimate of drug-likeness (QED) is 0.298. The average Bonchev–Trinajstić information content (AvgIpc) is 3.37. The number of aliphatic hydroxyl groups excluding tert-OH is 1. The van der Waals surface area contributed by atoms with E-state index in [1.165, 1.54) is 0 Å². The van der Waals surface area contributed by atoms with Crippen molar-refractivity contribution < 1.29 is 24.2 Å². The Labute approximate surface area is 224 Å². The summed E-state index contributed by atoms with van der Waals surface area (Å²) in [5.74, 6) is 0.0582. The van der Waals surface area contributed by atoms with E-state index in [0.29, 0.717) is 29.4 Å². The maximum atomic E-state index is 13.1. The van der Waals surface area contributed by atoms with Crippen LogP contribution >= 0.6 is 0 Å². The summed E-state index contributed by atoms with van der Waals surface area (Å²) in [6, 6.07) is 23.7. The summed E-state index contributed by atoms with van der Waals surface area (Å²) in [4.78, 5) is 30.4. The number of amides is 2. The van der Waals surface area contributed by atoms with E-state index in [1.807, 2.05) is 54.6 Å². The molecular weight excluding hydrogens is 498 g/mol. The molecule has 0 saturated heterocycles. The summed E-state index contributed by atoms with van der Waals surface area (Å²) in [7, 11) is 3.16. The number of benzene rings is 3. The first kappa shape index (κ1) is 25.5. The van der Waals surface area contributed by atoms with E-state index in [2.05, 4.69) is 20.7 Å². The van der Waals surface area contributed by atoms with Gasteiger partial charge in [-0.25, -0.2) is 4.68 Å². The van der Waals surface area contributed by atoms with E-state index in [1.54, 1.807) is 43.2 Å². The second-order valence-electron chi connectivity index (χ2n) is 8.94. The monoisotopic (exact) mass is 525 g/mol. The zero-order chi connectivity index (χ0) is 27.4. The molecule has 2 amide bonds. The molecule has 2 heterocycles. The number of nitrogens with zero attached hydrogens (tertiary/aromatic N) is 3. The van der Waals surface area contributed by atoms with Crippen molar-refractivity contribution in [2.75, 3.05) is 19.5 Å². The van der Waals surface area contributed by atoms with Gasteiger partial charge in [-0.3, -0.25) is 14.9 Å². The van der Waals surface area contributed by atoms with E-state index < -0.39 is 11.8 Å². The largest absolute Gasteiger partial charge is 0.511 e. The van der Waals surface area contributed by atoms with E-state index in [0.717, 1.165) is 11.1 Å². The molecule has 1 unspecified atom stereocenters. The summed E-state index contributed by atoms with van der Waals surface area (Å²) in [6.45, 7) is 0. The number of aromatic nitrogens is 3. The molecule has 1 aromatic heterocycles. The highest BCUT2D eigenvalue weighted by Gasteiger charge is 2.32. The predicted molar refractivity (Wildman–Crippen MR) is 145 cm³/mol. The third kappa shape index (κ3) is 5.59. The number of hydrogen-bond donors (Lipinski definition) is 3. The van der Waals surface area contributed by atoms with Crippen LogP contribution < -0.4 is 20.1 Å². The van der Waals surface area contributed by atoms with Gasteiger partial charge in [-0.05, 0) is 60.5 Å². The van der Waals surface area contributed by atoms with Crippen molar-refractivity contribution in [1.29, 1.82) is 0 Å². The number of nitrogens with one attached hydrogen (secondary N) is 2. The fraction of sp³-hybridized carbons (Fsp3) is 0.172. The van der Waals surface area contributed by atoms with Crippen LogP contribution in [0, 0.1) is 0 Å². The molecule has 5 rings (SSSR count). The number of anilines is 1. The van der Waals surface area contributed by atoms with Crippen LogP contribution in [0.15, 0.2) is 90.2 Å². The molecule has 0 aliphatic carbocycles. The molecule has 0 bridgehead atoms. The van der Waals surface area contributed by atoms with E-state index in [9.17, 15) is 14.7 Å². The Kier molecular flexibility index (Phi) is 7.26. The first-order valence-electron chi connectivity index (χ1n) is 12.3. The van der Waals surface area contributed by atoms with Gasteiger partial charge in [-0.1, -0.05) is 30.3 Å². The number of rotatable bonds is 8. The van der Waals surface area contributed by atoms with Gasteiger partial charge in [-0.15, -0.1) is 5.10 Å². The van der Waals surface area contributed by atoms with Crippen molar-refractivity contribution in [1.82, 2.24) is 20.1 Å². The lowest BCUT2D eigenvalue weighted by molar-refractivity contribution is -0.122. The fourth-order valence-electron chi connectivity index (χ4n) is 4.39. The minimum atomic E-state index is -0.795. The van der Waals surface area contributed by atoms with Crippen LogP contribution in [0.2, 0.25) is 0 Å². The molecular formula is C29H27N5O5. The molecule has 3 N–H and O–H groups in total. The maximum absolute atomic E-state index is 13.1. The summed E-state index contributed by atoms with van der Waals surface area (Å²) in [5.41, 5.74) is 2.06. The summed E-state index contributed by atoms with van der Waals surface area (Å²) in [5, 5.41) is 20.5. The first-order valence-corrected chi connectivity index (χ1v) is 12.3. The van der Waals surface area contributed by atoms with Gasteiger partial charge >= 0.3 is 0 Å². The zero-order valence-corrected chi connectivity index (χ0v) is 21.4. The molecule has 1 aliphatic rings. The zero-order valence-electron chi connectivity index (χ0n) is 21.4. The molecule has 10 heteroatoms. The van der Waals surface area contributed by atoms with E-state index in [4.69, 9.17) is 9.47 Å². The van der Waals surface area contributed by atoms with E-state index >= 15 is 0 Å². The topological polar surface area (TPSA) is 128 Å². The summed E-state index contributed by atoms with van der Waals surface area (Å²) in [6.07, 6.45) is 0.665. The molecule has 1 atom stereocenters. The standard InChI is InChI=1S/C29H27N5O5/c1-38-22-12-8-19(9-13-22)26-31-29(33-34(26)21-10-14-23(39-2)15-11-21)32-28(37)25-24(35)17-20(30-27(25)36)16-18-6-4-3-5-7-18/h3-15,20,35H,16-17H2,1-2H3,(H,30,36)(H,32,33,37). The minimum absolute atomic E-state index is 0.0267. The SMILES string of the molecule is COc1ccc(-c2nc(NC(=O)C3=C(O)CC(Cc4ccccc4)NC3=O)nn2-c2ccc(OC)cc2)cc1. The van der Waals surface area contributed by atoms with Crippen LogP contribution in [-0.4, -0.2) is 51.9 Å².